The zero-order chi connectivity index (χ0) is 28.3. The van der Waals surface area contributed by atoms with Gasteiger partial charge in [-0.15, -0.1) is 0 Å². The average Bonchev–Trinajstić information content (AvgIpc) is 3.16. The highest BCUT2D eigenvalue weighted by Gasteiger charge is 2.19. The molecule has 1 heterocycles. The highest BCUT2D eigenvalue weighted by Crippen LogP contribution is 2.26. The van der Waals surface area contributed by atoms with Crippen molar-refractivity contribution < 1.29 is 13.2 Å². The monoisotopic (exact) mass is 606 g/mol. The molecule has 202 valence electrons. The second kappa shape index (κ2) is 11.6. The third-order valence-corrected chi connectivity index (χ3v) is 8.47. The number of carbonyl (C=O) groups is 1. The Morgan fingerprint density at radius 2 is 1.67 bits per heavy atom. The first-order valence-electron chi connectivity index (χ1n) is 12.4. The van der Waals surface area contributed by atoms with Gasteiger partial charge in [0.2, 0.25) is 10.0 Å². The number of hydrogen-bond donors (Lipinski definition) is 1. The number of amides is 1. The van der Waals surface area contributed by atoms with Gasteiger partial charge in [0.05, 0.1) is 30.4 Å². The van der Waals surface area contributed by atoms with Gasteiger partial charge < -0.3 is 4.57 Å². The van der Waals surface area contributed by atoms with Crippen LogP contribution in [0.5, 0.6) is 0 Å². The first-order chi connectivity index (χ1) is 18.5. The molecule has 0 bridgehead atoms. The summed E-state index contributed by atoms with van der Waals surface area (Å²) in [5, 5.41) is 4.17. The number of aryl methyl sites for hydroxylation is 3. The molecule has 0 unspecified atom stereocenters. The van der Waals surface area contributed by atoms with Gasteiger partial charge in [0.25, 0.3) is 5.91 Å². The molecule has 7 nitrogen and oxygen atoms in total. The third-order valence-electron chi connectivity index (χ3n) is 6.65. The van der Waals surface area contributed by atoms with E-state index in [9.17, 15) is 13.2 Å². The summed E-state index contributed by atoms with van der Waals surface area (Å²) in [5.41, 5.74) is 10.5. The van der Waals surface area contributed by atoms with Crippen molar-refractivity contribution in [3.8, 4) is 5.69 Å². The zero-order valence-electron chi connectivity index (χ0n) is 22.6. The van der Waals surface area contributed by atoms with Crippen LogP contribution in [0.1, 0.15) is 44.0 Å². The Balaban J connectivity index is 1.45. The second-order valence-corrected chi connectivity index (χ2v) is 12.3. The molecule has 1 aromatic heterocycles. The van der Waals surface area contributed by atoms with Crippen molar-refractivity contribution in [3.05, 3.63) is 116 Å². The number of nitrogens with one attached hydrogen (secondary N) is 1. The Bertz CT molecular complexity index is 1660. The van der Waals surface area contributed by atoms with Crippen molar-refractivity contribution in [2.24, 2.45) is 5.10 Å². The van der Waals surface area contributed by atoms with E-state index in [2.05, 4.69) is 31.0 Å². The number of carbonyl (C=O) groups excluding carboxylic acids is 1. The van der Waals surface area contributed by atoms with Crippen molar-refractivity contribution in [1.82, 2.24) is 9.99 Å². The van der Waals surface area contributed by atoms with E-state index >= 15 is 0 Å². The van der Waals surface area contributed by atoms with E-state index < -0.39 is 10.0 Å². The first kappa shape index (κ1) is 28.3. The van der Waals surface area contributed by atoms with Crippen LogP contribution in [0, 0.1) is 27.7 Å². The minimum Gasteiger partial charge on any atom is -0.317 e. The van der Waals surface area contributed by atoms with Gasteiger partial charge >= 0.3 is 0 Å². The summed E-state index contributed by atoms with van der Waals surface area (Å²) in [6, 6.07) is 22.4. The Labute approximate surface area is 238 Å². The first-order valence-corrected chi connectivity index (χ1v) is 15.0. The van der Waals surface area contributed by atoms with E-state index in [-0.39, 0.29) is 12.5 Å². The van der Waals surface area contributed by atoms with Crippen LogP contribution in [0.15, 0.2) is 82.4 Å². The predicted octanol–water partition coefficient (Wildman–Crippen LogP) is 6.20. The molecule has 0 radical (unpaired) electrons. The van der Waals surface area contributed by atoms with E-state index in [1.807, 2.05) is 70.2 Å². The van der Waals surface area contributed by atoms with Crippen LogP contribution in [-0.4, -0.2) is 31.4 Å². The highest BCUT2D eigenvalue weighted by atomic mass is 79.9. The summed E-state index contributed by atoms with van der Waals surface area (Å²) in [6.45, 7) is 8.13. The van der Waals surface area contributed by atoms with E-state index in [1.165, 1.54) is 10.6 Å². The Kier molecular flexibility index (Phi) is 8.42. The molecule has 39 heavy (non-hydrogen) atoms. The number of aromatic nitrogens is 1. The molecule has 0 saturated carbocycles. The number of benzene rings is 3. The molecule has 0 aliphatic rings. The van der Waals surface area contributed by atoms with Gasteiger partial charge in [-0.25, -0.2) is 13.8 Å². The lowest BCUT2D eigenvalue weighted by Crippen LogP contribution is -2.29. The molecule has 9 heteroatoms. The van der Waals surface area contributed by atoms with Crippen LogP contribution in [0.25, 0.3) is 5.69 Å². The van der Waals surface area contributed by atoms with Crippen molar-refractivity contribution in [1.29, 1.82) is 0 Å². The van der Waals surface area contributed by atoms with Crippen molar-refractivity contribution in [3.63, 3.8) is 0 Å². The summed E-state index contributed by atoms with van der Waals surface area (Å²) in [4.78, 5) is 12.7. The van der Waals surface area contributed by atoms with E-state index in [1.54, 1.807) is 36.5 Å². The number of rotatable bonds is 8. The van der Waals surface area contributed by atoms with Gasteiger partial charge in [0.1, 0.15) is 0 Å². The summed E-state index contributed by atoms with van der Waals surface area (Å²) in [6.07, 6.45) is 2.83. The molecular weight excluding hydrogens is 576 g/mol. The van der Waals surface area contributed by atoms with Crippen LogP contribution in [0.4, 0.5) is 5.69 Å². The number of para-hydroxylation sites is 1. The quantitative estimate of drug-likeness (QED) is 0.191. The lowest BCUT2D eigenvalue weighted by Gasteiger charge is -2.23. The molecule has 0 fully saturated rings. The van der Waals surface area contributed by atoms with Crippen LogP contribution in [0.2, 0.25) is 0 Å². The fourth-order valence-electron chi connectivity index (χ4n) is 4.36. The molecule has 0 aliphatic carbocycles. The Hall–Kier alpha value is -3.69. The smallest absolute Gasteiger partial charge is 0.271 e. The number of nitrogens with zero attached hydrogens (tertiary/aromatic N) is 3. The summed E-state index contributed by atoms with van der Waals surface area (Å²) >= 11 is 3.61. The number of anilines is 1. The maximum Gasteiger partial charge on any atom is 0.271 e. The highest BCUT2D eigenvalue weighted by molar-refractivity contribution is 9.10. The van der Waals surface area contributed by atoms with Crippen molar-refractivity contribution >= 4 is 43.8 Å². The van der Waals surface area contributed by atoms with Crippen molar-refractivity contribution in [2.45, 2.75) is 34.2 Å². The fourth-order valence-corrected chi connectivity index (χ4v) is 5.70. The molecule has 1 amide bonds. The standard InChI is InChI=1S/C30H31BrN4O3S/c1-20-10-15-27(16-21(20)2)34(39(5,37)38)19-24-11-13-25(14-12-24)30(36)33-32-18-26-17-22(3)35(23(26)4)29-9-7-6-8-28(29)31/h6-18H,19H2,1-5H3,(H,33,36)/b32-18-. The number of hydrogen-bond acceptors (Lipinski definition) is 4. The van der Waals surface area contributed by atoms with Crippen LogP contribution >= 0.6 is 15.9 Å². The second-order valence-electron chi connectivity index (χ2n) is 9.55. The molecular formula is C30H31BrN4O3S. The van der Waals surface area contributed by atoms with Gasteiger partial charge in [-0.05, 0) is 103 Å². The number of halogens is 1. The maximum absolute atomic E-state index is 12.7. The van der Waals surface area contributed by atoms with Gasteiger partial charge in [-0.1, -0.05) is 30.3 Å². The van der Waals surface area contributed by atoms with Crippen LogP contribution in [0.3, 0.4) is 0 Å². The van der Waals surface area contributed by atoms with E-state index in [4.69, 9.17) is 0 Å². The van der Waals surface area contributed by atoms with E-state index in [0.29, 0.717) is 11.3 Å². The largest absolute Gasteiger partial charge is 0.317 e. The molecule has 4 aromatic rings. The number of hydrazone groups is 1. The molecule has 0 atom stereocenters. The van der Waals surface area contributed by atoms with Gasteiger partial charge in [-0.2, -0.15) is 5.10 Å². The lowest BCUT2D eigenvalue weighted by molar-refractivity contribution is 0.0955. The van der Waals surface area contributed by atoms with Gasteiger partial charge in [0.15, 0.2) is 0 Å². The molecule has 0 saturated heterocycles. The fraction of sp³-hybridized carbons (Fsp3) is 0.200. The summed E-state index contributed by atoms with van der Waals surface area (Å²) < 4.78 is 29.5. The molecule has 0 aliphatic heterocycles. The van der Waals surface area contributed by atoms with E-state index in [0.717, 1.165) is 43.8 Å². The SMILES string of the molecule is Cc1ccc(N(Cc2ccc(C(=O)N/N=C\c3cc(C)n(-c4ccccc4Br)c3C)cc2)S(C)(=O)=O)cc1C. The predicted molar refractivity (Wildman–Crippen MR) is 161 cm³/mol. The molecule has 1 N–H and O–H groups in total. The number of sulfonamides is 1. The molecule has 0 spiro atoms. The third kappa shape index (κ3) is 6.49. The summed E-state index contributed by atoms with van der Waals surface area (Å²) in [7, 11) is -3.51. The average molecular weight is 608 g/mol. The molecule has 4 rings (SSSR count). The Morgan fingerprint density at radius 3 is 2.31 bits per heavy atom. The lowest BCUT2D eigenvalue weighted by atomic mass is 10.1. The zero-order valence-corrected chi connectivity index (χ0v) is 25.0. The van der Waals surface area contributed by atoms with Crippen LogP contribution in [-0.2, 0) is 16.6 Å². The summed E-state index contributed by atoms with van der Waals surface area (Å²) in [5.74, 6) is -0.355. The van der Waals surface area contributed by atoms with Crippen LogP contribution < -0.4 is 9.73 Å². The van der Waals surface area contributed by atoms with Crippen molar-refractivity contribution in [2.75, 3.05) is 10.6 Å². The van der Waals surface area contributed by atoms with Gasteiger partial charge in [-0.3, -0.25) is 9.10 Å². The minimum absolute atomic E-state index is 0.161. The Morgan fingerprint density at radius 1 is 0.974 bits per heavy atom. The maximum atomic E-state index is 12.7. The normalized spacial score (nSPS) is 11.6. The molecule has 3 aromatic carbocycles. The topological polar surface area (TPSA) is 83.8 Å². The minimum atomic E-state index is -3.51. The van der Waals surface area contributed by atoms with Gasteiger partial charge in [0, 0.05) is 27.0 Å².